The van der Waals surface area contributed by atoms with Gasteiger partial charge in [-0.15, -0.1) is 0 Å². The predicted octanol–water partition coefficient (Wildman–Crippen LogP) is 16.7. The van der Waals surface area contributed by atoms with Crippen LogP contribution in [0.1, 0.15) is 26.3 Å². The van der Waals surface area contributed by atoms with Crippen LogP contribution in [0.4, 0.5) is 0 Å². The maximum atomic E-state index is 2.40. The van der Waals surface area contributed by atoms with Crippen molar-refractivity contribution in [1.29, 1.82) is 0 Å². The first-order chi connectivity index (χ1) is 29.9. The molecule has 10 aromatic carbocycles. The van der Waals surface area contributed by atoms with Crippen molar-refractivity contribution in [2.45, 2.75) is 26.2 Å². The molecule has 0 unspecified atom stereocenters. The molecule has 0 amide bonds. The second-order valence-corrected chi connectivity index (χ2v) is 17.3. The number of fused-ring (bicyclic) bond motifs is 5. The summed E-state index contributed by atoms with van der Waals surface area (Å²) >= 11 is 0. The van der Waals surface area contributed by atoms with Gasteiger partial charge in [0, 0.05) is 16.5 Å². The molecule has 0 aliphatic heterocycles. The summed E-state index contributed by atoms with van der Waals surface area (Å²) in [4.78, 5) is 0. The Labute approximate surface area is 357 Å². The lowest BCUT2D eigenvalue weighted by Gasteiger charge is -2.19. The molecule has 1 aromatic heterocycles. The summed E-state index contributed by atoms with van der Waals surface area (Å²) in [5.41, 5.74) is 17.3. The summed E-state index contributed by atoms with van der Waals surface area (Å²) in [6, 6.07) is 80.4. The summed E-state index contributed by atoms with van der Waals surface area (Å²) in [6.45, 7) is 6.87. The lowest BCUT2D eigenvalue weighted by Crippen LogP contribution is -2.10. The normalized spacial score (nSPS) is 11.9. The van der Waals surface area contributed by atoms with Crippen molar-refractivity contribution in [3.63, 3.8) is 0 Å². The number of rotatable bonds is 6. The minimum atomic E-state index is 0.0593. The van der Waals surface area contributed by atoms with Crippen molar-refractivity contribution >= 4 is 43.4 Å². The van der Waals surface area contributed by atoms with Crippen LogP contribution in [0.15, 0.2) is 218 Å². The van der Waals surface area contributed by atoms with Gasteiger partial charge in [0.05, 0.1) is 11.0 Å². The van der Waals surface area contributed by atoms with Crippen LogP contribution in [-0.2, 0) is 5.41 Å². The fraction of sp³-hybridized carbons (Fsp3) is 0.0667. The molecule has 290 valence electrons. The van der Waals surface area contributed by atoms with E-state index in [9.17, 15) is 0 Å². The van der Waals surface area contributed by atoms with Gasteiger partial charge in [-0.05, 0) is 125 Å². The SMILES string of the molecule is CC(C)(C)c1ccc2c(c1)c1cc(-c3ccc(-c4ccc(-c5c6ccccc6c(-c6ccc(-c7ccccc7)cc6)c6ccccc56)cc4)cc3)ccc1n2-c1ccccc1. The molecule has 1 heteroatoms. The van der Waals surface area contributed by atoms with Crippen LogP contribution in [0.25, 0.3) is 105 Å². The molecule has 0 N–H and O–H groups in total. The molecule has 0 radical (unpaired) electrons. The molecule has 0 fully saturated rings. The first-order valence-corrected chi connectivity index (χ1v) is 21.3. The first kappa shape index (κ1) is 36.6. The van der Waals surface area contributed by atoms with Crippen LogP contribution in [0.2, 0.25) is 0 Å². The fourth-order valence-corrected chi connectivity index (χ4v) is 9.42. The van der Waals surface area contributed by atoms with Gasteiger partial charge in [0.2, 0.25) is 0 Å². The van der Waals surface area contributed by atoms with E-state index in [1.807, 2.05) is 0 Å². The number of hydrogen-bond donors (Lipinski definition) is 0. The van der Waals surface area contributed by atoms with Crippen LogP contribution in [-0.4, -0.2) is 4.57 Å². The Bertz CT molecular complexity index is 3330. The van der Waals surface area contributed by atoms with E-state index in [1.54, 1.807) is 0 Å². The van der Waals surface area contributed by atoms with Crippen LogP contribution in [0.3, 0.4) is 0 Å². The molecule has 0 spiro atoms. The molecule has 11 aromatic rings. The van der Waals surface area contributed by atoms with Crippen molar-refractivity contribution < 1.29 is 0 Å². The van der Waals surface area contributed by atoms with Gasteiger partial charge in [-0.25, -0.2) is 0 Å². The molecule has 0 saturated heterocycles. The quantitative estimate of drug-likeness (QED) is 0.148. The number of hydrogen-bond acceptors (Lipinski definition) is 0. The third-order valence-corrected chi connectivity index (χ3v) is 12.6. The van der Waals surface area contributed by atoms with Gasteiger partial charge in [0.25, 0.3) is 0 Å². The van der Waals surface area contributed by atoms with E-state index < -0.39 is 0 Å². The summed E-state index contributed by atoms with van der Waals surface area (Å²) in [5, 5.41) is 7.62. The zero-order valence-corrected chi connectivity index (χ0v) is 34.7. The van der Waals surface area contributed by atoms with E-state index in [-0.39, 0.29) is 5.41 Å². The molecule has 1 nitrogen and oxygen atoms in total. The van der Waals surface area contributed by atoms with Crippen LogP contribution in [0, 0.1) is 0 Å². The van der Waals surface area contributed by atoms with Gasteiger partial charge in [0.15, 0.2) is 0 Å². The first-order valence-electron chi connectivity index (χ1n) is 21.3. The highest BCUT2D eigenvalue weighted by Crippen LogP contribution is 2.44. The zero-order chi connectivity index (χ0) is 41.1. The minimum Gasteiger partial charge on any atom is -0.309 e. The van der Waals surface area contributed by atoms with Gasteiger partial charge in [-0.3, -0.25) is 0 Å². The summed E-state index contributed by atoms with van der Waals surface area (Å²) in [5.74, 6) is 0. The largest absolute Gasteiger partial charge is 0.309 e. The Kier molecular flexibility index (Phi) is 8.79. The monoisotopic (exact) mass is 779 g/mol. The summed E-state index contributed by atoms with van der Waals surface area (Å²) in [7, 11) is 0. The molecule has 0 bridgehead atoms. The smallest absolute Gasteiger partial charge is 0.0541 e. The molecule has 0 aliphatic rings. The highest BCUT2D eigenvalue weighted by Gasteiger charge is 2.20. The number of aromatic nitrogens is 1. The molecule has 0 saturated carbocycles. The van der Waals surface area contributed by atoms with Crippen LogP contribution >= 0.6 is 0 Å². The van der Waals surface area contributed by atoms with Crippen LogP contribution < -0.4 is 0 Å². The third kappa shape index (κ3) is 6.42. The third-order valence-electron chi connectivity index (χ3n) is 12.6. The van der Waals surface area contributed by atoms with E-state index in [1.165, 1.54) is 110 Å². The number of benzene rings is 10. The van der Waals surface area contributed by atoms with Crippen molar-refractivity contribution in [2.24, 2.45) is 0 Å². The second-order valence-electron chi connectivity index (χ2n) is 17.3. The Morgan fingerprint density at radius 3 is 1.08 bits per heavy atom. The average Bonchev–Trinajstić information content (AvgIpc) is 3.64. The van der Waals surface area contributed by atoms with Gasteiger partial charge in [0.1, 0.15) is 0 Å². The topological polar surface area (TPSA) is 4.93 Å². The maximum Gasteiger partial charge on any atom is 0.0541 e. The Morgan fingerprint density at radius 1 is 0.279 bits per heavy atom. The average molecular weight is 780 g/mol. The summed E-state index contributed by atoms with van der Waals surface area (Å²) < 4.78 is 2.40. The Balaban J connectivity index is 0.944. The van der Waals surface area contributed by atoms with Gasteiger partial charge in [-0.2, -0.15) is 0 Å². The lowest BCUT2D eigenvalue weighted by molar-refractivity contribution is 0.591. The standard InChI is InChI=1S/C60H45N/c1-60(2,3)48-35-37-57-55(39-48)54-38-47(34-36-56(54)61(57)49-16-8-5-9-17-49)44-24-22-42(23-25-44)43-28-32-46(33-29-43)59-52-20-12-10-18-50(52)58(51-19-11-13-21-53(51)59)45-30-26-41(27-31-45)40-14-6-4-7-15-40/h4-39H,1-3H3. The van der Waals surface area contributed by atoms with E-state index >= 15 is 0 Å². The second kappa shape index (κ2) is 14.7. The molecular formula is C60H45N. The van der Waals surface area contributed by atoms with Crippen molar-refractivity contribution in [1.82, 2.24) is 4.57 Å². The van der Waals surface area contributed by atoms with Crippen LogP contribution in [0.5, 0.6) is 0 Å². The fourth-order valence-electron chi connectivity index (χ4n) is 9.42. The molecule has 0 aliphatic carbocycles. The number of nitrogens with zero attached hydrogens (tertiary/aromatic N) is 1. The minimum absolute atomic E-state index is 0.0593. The molecule has 0 atom stereocenters. The molecule has 1 heterocycles. The van der Waals surface area contributed by atoms with Gasteiger partial charge in [-0.1, -0.05) is 203 Å². The molecular weight excluding hydrogens is 735 g/mol. The molecule has 61 heavy (non-hydrogen) atoms. The van der Waals surface area contributed by atoms with Crippen molar-refractivity contribution in [3.8, 4) is 61.3 Å². The zero-order valence-electron chi connectivity index (χ0n) is 34.7. The van der Waals surface area contributed by atoms with E-state index in [4.69, 9.17) is 0 Å². The predicted molar refractivity (Wildman–Crippen MR) is 262 cm³/mol. The van der Waals surface area contributed by atoms with Gasteiger partial charge >= 0.3 is 0 Å². The Morgan fingerprint density at radius 2 is 0.623 bits per heavy atom. The van der Waals surface area contributed by atoms with Gasteiger partial charge < -0.3 is 4.57 Å². The number of para-hydroxylation sites is 1. The van der Waals surface area contributed by atoms with E-state index in [0.717, 1.165) is 0 Å². The van der Waals surface area contributed by atoms with Crippen molar-refractivity contribution in [2.75, 3.05) is 0 Å². The summed E-state index contributed by atoms with van der Waals surface area (Å²) in [6.07, 6.45) is 0. The highest BCUT2D eigenvalue weighted by molar-refractivity contribution is 6.21. The Hall–Kier alpha value is -7.48. The maximum absolute atomic E-state index is 2.40. The lowest BCUT2D eigenvalue weighted by atomic mass is 9.85. The molecule has 11 rings (SSSR count). The van der Waals surface area contributed by atoms with E-state index in [0.29, 0.717) is 0 Å². The van der Waals surface area contributed by atoms with Crippen molar-refractivity contribution in [3.05, 3.63) is 224 Å². The highest BCUT2D eigenvalue weighted by atomic mass is 15.0. The van der Waals surface area contributed by atoms with E-state index in [2.05, 4.69) is 244 Å².